The van der Waals surface area contributed by atoms with E-state index in [4.69, 9.17) is 9.47 Å². The van der Waals surface area contributed by atoms with Crippen molar-refractivity contribution in [1.82, 2.24) is 14.7 Å². The molecule has 0 radical (unpaired) electrons. The van der Waals surface area contributed by atoms with Gasteiger partial charge in [-0.3, -0.25) is 4.79 Å². The third kappa shape index (κ3) is 4.62. The van der Waals surface area contributed by atoms with Crippen LogP contribution < -0.4 is 4.90 Å². The van der Waals surface area contributed by atoms with Crippen LogP contribution in [-0.2, 0) is 14.3 Å². The Kier molecular flexibility index (Phi) is 6.22. The van der Waals surface area contributed by atoms with Crippen molar-refractivity contribution in [3.8, 4) is 11.1 Å². The molecule has 5 rings (SSSR count). The van der Waals surface area contributed by atoms with Crippen LogP contribution in [0.3, 0.4) is 0 Å². The number of carbonyl (C=O) groups is 1. The SMILES string of the molecule is O=C(C1CCN(c2ccc(-c3cnn(C4CCCCO4)c3)cc2)CC1)N1CCOCC1. The van der Waals surface area contributed by atoms with Gasteiger partial charge < -0.3 is 19.3 Å². The lowest BCUT2D eigenvalue weighted by Gasteiger charge is -2.36. The van der Waals surface area contributed by atoms with E-state index in [9.17, 15) is 4.79 Å². The number of ether oxygens (including phenoxy) is 2. The third-order valence-corrected chi connectivity index (χ3v) is 6.78. The quantitative estimate of drug-likeness (QED) is 0.754. The molecule has 2 aromatic rings. The number of aromatic nitrogens is 2. The minimum Gasteiger partial charge on any atom is -0.378 e. The van der Waals surface area contributed by atoms with Crippen molar-refractivity contribution in [1.29, 1.82) is 0 Å². The number of morpholine rings is 1. The Balaban J connectivity index is 1.17. The van der Waals surface area contributed by atoms with Crippen LogP contribution in [0.15, 0.2) is 36.7 Å². The van der Waals surface area contributed by atoms with Gasteiger partial charge in [-0.1, -0.05) is 12.1 Å². The van der Waals surface area contributed by atoms with E-state index in [0.717, 1.165) is 64.0 Å². The zero-order valence-corrected chi connectivity index (χ0v) is 18.1. The Labute approximate surface area is 183 Å². The fourth-order valence-corrected chi connectivity index (χ4v) is 4.87. The molecule has 0 bridgehead atoms. The summed E-state index contributed by atoms with van der Waals surface area (Å²) in [5.74, 6) is 0.471. The van der Waals surface area contributed by atoms with E-state index in [1.165, 1.54) is 17.7 Å². The van der Waals surface area contributed by atoms with Gasteiger partial charge in [-0.05, 0) is 49.8 Å². The average Bonchev–Trinajstić information content (AvgIpc) is 3.35. The lowest BCUT2D eigenvalue weighted by Crippen LogP contribution is -2.46. The van der Waals surface area contributed by atoms with Crippen LogP contribution in [-0.4, -0.2) is 66.6 Å². The number of hydrogen-bond acceptors (Lipinski definition) is 5. The first-order valence-electron chi connectivity index (χ1n) is 11.7. The zero-order valence-electron chi connectivity index (χ0n) is 18.1. The predicted molar refractivity (Wildman–Crippen MR) is 119 cm³/mol. The molecule has 7 heteroatoms. The Morgan fingerprint density at radius 3 is 2.39 bits per heavy atom. The van der Waals surface area contributed by atoms with Crippen molar-refractivity contribution in [3.05, 3.63) is 36.7 Å². The summed E-state index contributed by atoms with van der Waals surface area (Å²) >= 11 is 0. The van der Waals surface area contributed by atoms with E-state index in [2.05, 4.69) is 40.5 Å². The van der Waals surface area contributed by atoms with Crippen molar-refractivity contribution >= 4 is 11.6 Å². The van der Waals surface area contributed by atoms with Crippen LogP contribution in [0.5, 0.6) is 0 Å². The first-order chi connectivity index (χ1) is 15.3. The number of anilines is 1. The maximum absolute atomic E-state index is 12.7. The first-order valence-corrected chi connectivity index (χ1v) is 11.7. The minimum absolute atomic E-state index is 0.0724. The summed E-state index contributed by atoms with van der Waals surface area (Å²) in [5.41, 5.74) is 3.52. The van der Waals surface area contributed by atoms with Gasteiger partial charge in [0.2, 0.25) is 5.91 Å². The topological polar surface area (TPSA) is 59.8 Å². The molecule has 3 aliphatic heterocycles. The average molecular weight is 425 g/mol. The molecule has 3 fully saturated rings. The van der Waals surface area contributed by atoms with Crippen molar-refractivity contribution < 1.29 is 14.3 Å². The Bertz CT molecular complexity index is 861. The molecular formula is C24H32N4O3. The lowest BCUT2D eigenvalue weighted by molar-refractivity contribution is -0.140. The number of amides is 1. The van der Waals surface area contributed by atoms with E-state index in [1.807, 2.05) is 15.8 Å². The van der Waals surface area contributed by atoms with Crippen LogP contribution in [0.2, 0.25) is 0 Å². The zero-order chi connectivity index (χ0) is 21.0. The second-order valence-electron chi connectivity index (χ2n) is 8.78. The van der Waals surface area contributed by atoms with Gasteiger partial charge in [0.15, 0.2) is 0 Å². The molecular weight excluding hydrogens is 392 g/mol. The summed E-state index contributed by atoms with van der Waals surface area (Å²) in [6.07, 6.45) is 9.31. The summed E-state index contributed by atoms with van der Waals surface area (Å²) < 4.78 is 13.2. The van der Waals surface area contributed by atoms with Crippen LogP contribution in [0, 0.1) is 5.92 Å². The van der Waals surface area contributed by atoms with Crippen molar-refractivity contribution in [3.63, 3.8) is 0 Å². The van der Waals surface area contributed by atoms with Gasteiger partial charge in [0, 0.05) is 56.2 Å². The summed E-state index contributed by atoms with van der Waals surface area (Å²) in [5, 5.41) is 4.53. The lowest BCUT2D eigenvalue weighted by atomic mass is 9.94. The second kappa shape index (κ2) is 9.40. The number of piperidine rings is 1. The highest BCUT2D eigenvalue weighted by atomic mass is 16.5. The number of rotatable bonds is 4. The highest BCUT2D eigenvalue weighted by Crippen LogP contribution is 2.29. The molecule has 0 aliphatic carbocycles. The van der Waals surface area contributed by atoms with Crippen LogP contribution in [0.25, 0.3) is 11.1 Å². The highest BCUT2D eigenvalue weighted by molar-refractivity contribution is 5.79. The van der Waals surface area contributed by atoms with Gasteiger partial charge in [0.05, 0.1) is 19.4 Å². The Morgan fingerprint density at radius 1 is 0.903 bits per heavy atom. The van der Waals surface area contributed by atoms with Gasteiger partial charge in [-0.15, -0.1) is 0 Å². The summed E-state index contributed by atoms with van der Waals surface area (Å²) in [7, 11) is 0. The predicted octanol–water partition coefficient (Wildman–Crippen LogP) is 3.32. The van der Waals surface area contributed by atoms with Crippen molar-refractivity contribution in [2.45, 2.75) is 38.3 Å². The number of nitrogens with zero attached hydrogens (tertiary/aromatic N) is 4. The van der Waals surface area contributed by atoms with Gasteiger partial charge >= 0.3 is 0 Å². The van der Waals surface area contributed by atoms with Gasteiger partial charge in [0.25, 0.3) is 0 Å². The molecule has 0 saturated carbocycles. The van der Waals surface area contributed by atoms with Gasteiger partial charge in [-0.2, -0.15) is 5.10 Å². The molecule has 0 spiro atoms. The molecule has 3 saturated heterocycles. The number of benzene rings is 1. The monoisotopic (exact) mass is 424 g/mol. The molecule has 166 valence electrons. The maximum Gasteiger partial charge on any atom is 0.225 e. The van der Waals surface area contributed by atoms with E-state index < -0.39 is 0 Å². The molecule has 1 amide bonds. The third-order valence-electron chi connectivity index (χ3n) is 6.78. The normalized spacial score (nSPS) is 23.2. The molecule has 1 aromatic carbocycles. The summed E-state index contributed by atoms with van der Waals surface area (Å²) in [4.78, 5) is 17.1. The van der Waals surface area contributed by atoms with Gasteiger partial charge in [0.1, 0.15) is 6.23 Å². The van der Waals surface area contributed by atoms with E-state index in [1.54, 1.807) is 0 Å². The second-order valence-corrected chi connectivity index (χ2v) is 8.78. The molecule has 1 aromatic heterocycles. The number of carbonyl (C=O) groups excluding carboxylic acids is 1. The minimum atomic E-state index is 0.0724. The van der Waals surface area contributed by atoms with Crippen molar-refractivity contribution in [2.24, 2.45) is 5.92 Å². The van der Waals surface area contributed by atoms with E-state index >= 15 is 0 Å². The Hall–Kier alpha value is -2.38. The molecule has 1 unspecified atom stereocenters. The molecule has 7 nitrogen and oxygen atoms in total. The molecule has 4 heterocycles. The maximum atomic E-state index is 12.7. The molecule has 3 aliphatic rings. The van der Waals surface area contributed by atoms with E-state index in [-0.39, 0.29) is 12.1 Å². The van der Waals surface area contributed by atoms with Crippen molar-refractivity contribution in [2.75, 3.05) is 50.9 Å². The Morgan fingerprint density at radius 2 is 1.68 bits per heavy atom. The summed E-state index contributed by atoms with van der Waals surface area (Å²) in [6.45, 7) is 5.50. The van der Waals surface area contributed by atoms with Crippen LogP contribution in [0.1, 0.15) is 38.3 Å². The van der Waals surface area contributed by atoms with Crippen LogP contribution >= 0.6 is 0 Å². The molecule has 0 N–H and O–H groups in total. The molecule has 1 atom stereocenters. The standard InChI is InChI=1S/C24H32N4O3/c29-24(27-12-15-30-16-13-27)20-8-10-26(11-9-20)22-6-4-19(5-7-22)21-17-25-28(18-21)23-3-1-2-14-31-23/h4-7,17-18,20,23H,1-3,8-16H2. The van der Waals surface area contributed by atoms with Gasteiger partial charge in [-0.25, -0.2) is 4.68 Å². The number of hydrogen-bond donors (Lipinski definition) is 0. The molecule has 31 heavy (non-hydrogen) atoms. The summed E-state index contributed by atoms with van der Waals surface area (Å²) in [6, 6.07) is 8.72. The fourth-order valence-electron chi connectivity index (χ4n) is 4.87. The highest BCUT2D eigenvalue weighted by Gasteiger charge is 2.29. The largest absolute Gasteiger partial charge is 0.378 e. The fraction of sp³-hybridized carbons (Fsp3) is 0.583. The van der Waals surface area contributed by atoms with Crippen LogP contribution in [0.4, 0.5) is 5.69 Å². The van der Waals surface area contributed by atoms with E-state index in [0.29, 0.717) is 19.1 Å². The smallest absolute Gasteiger partial charge is 0.225 e. The first kappa shape index (κ1) is 20.5.